The number of halogens is 1. The van der Waals surface area contributed by atoms with Gasteiger partial charge in [0.05, 0.1) is 5.39 Å². The Balaban J connectivity index is 1.66. The second kappa shape index (κ2) is 6.48. The summed E-state index contributed by atoms with van der Waals surface area (Å²) < 4.78 is 0. The summed E-state index contributed by atoms with van der Waals surface area (Å²) in [5.74, 6) is 0.160. The van der Waals surface area contributed by atoms with Gasteiger partial charge >= 0.3 is 0 Å². The van der Waals surface area contributed by atoms with E-state index in [1.807, 2.05) is 0 Å². The number of thiophene rings is 1. The van der Waals surface area contributed by atoms with Crippen LogP contribution in [0.4, 0.5) is 0 Å². The van der Waals surface area contributed by atoms with Crippen molar-refractivity contribution in [2.24, 2.45) is 0 Å². The number of carbonyl (C=O) groups is 1. The van der Waals surface area contributed by atoms with Gasteiger partial charge in [-0.2, -0.15) is 0 Å². The third kappa shape index (κ3) is 3.09. The fourth-order valence-electron chi connectivity index (χ4n) is 2.85. The molecule has 5 nitrogen and oxygen atoms in total. The van der Waals surface area contributed by atoms with Crippen molar-refractivity contribution in [2.75, 3.05) is 20.6 Å². The standard InChI is InChI=1S/C15H19ClN4OS/c1-20(2)12(21)5-6-17-9-3-4-10-11(7-9)22-15-13(10)14(16)18-8-19-15/h8-9,17H,3-7H2,1-2H3. The highest BCUT2D eigenvalue weighted by Gasteiger charge is 2.24. The van der Waals surface area contributed by atoms with E-state index in [0.717, 1.165) is 36.0 Å². The molecule has 0 aliphatic heterocycles. The number of hydrogen-bond donors (Lipinski definition) is 1. The van der Waals surface area contributed by atoms with Gasteiger partial charge in [-0.1, -0.05) is 11.6 Å². The average Bonchev–Trinajstić information content (AvgIpc) is 2.85. The molecule has 118 valence electrons. The monoisotopic (exact) mass is 338 g/mol. The van der Waals surface area contributed by atoms with Gasteiger partial charge in [0.2, 0.25) is 5.91 Å². The highest BCUT2D eigenvalue weighted by atomic mass is 35.5. The number of rotatable bonds is 4. The number of hydrogen-bond acceptors (Lipinski definition) is 5. The van der Waals surface area contributed by atoms with Crippen molar-refractivity contribution >= 4 is 39.1 Å². The highest BCUT2D eigenvalue weighted by Crippen LogP contribution is 2.37. The number of carbonyl (C=O) groups excluding carboxylic acids is 1. The van der Waals surface area contributed by atoms with Crippen LogP contribution in [0.3, 0.4) is 0 Å². The zero-order valence-corrected chi connectivity index (χ0v) is 14.3. The fraction of sp³-hybridized carbons (Fsp3) is 0.533. The summed E-state index contributed by atoms with van der Waals surface area (Å²) >= 11 is 7.93. The number of nitrogens with zero attached hydrogens (tertiary/aromatic N) is 3. The molecule has 1 aliphatic carbocycles. The first-order valence-corrected chi connectivity index (χ1v) is 8.60. The Kier molecular flexibility index (Phi) is 4.61. The van der Waals surface area contributed by atoms with E-state index in [0.29, 0.717) is 17.6 Å². The molecule has 22 heavy (non-hydrogen) atoms. The van der Waals surface area contributed by atoms with Gasteiger partial charge in [-0.3, -0.25) is 4.79 Å². The second-order valence-electron chi connectivity index (χ2n) is 5.78. The Bertz CT molecular complexity index is 700. The van der Waals surface area contributed by atoms with Crippen molar-refractivity contribution in [3.63, 3.8) is 0 Å². The molecule has 0 saturated carbocycles. The van der Waals surface area contributed by atoms with Gasteiger partial charge in [-0.25, -0.2) is 9.97 Å². The molecule has 2 aromatic rings. The van der Waals surface area contributed by atoms with Gasteiger partial charge in [0.15, 0.2) is 0 Å². The minimum Gasteiger partial charge on any atom is -0.349 e. The summed E-state index contributed by atoms with van der Waals surface area (Å²) in [6, 6.07) is 0.419. The van der Waals surface area contributed by atoms with Crippen LogP contribution in [-0.2, 0) is 17.6 Å². The van der Waals surface area contributed by atoms with Crippen molar-refractivity contribution in [3.05, 3.63) is 21.9 Å². The predicted molar refractivity (Wildman–Crippen MR) is 89.6 cm³/mol. The molecule has 0 aromatic carbocycles. The third-order valence-corrected chi connectivity index (χ3v) is 5.52. The summed E-state index contributed by atoms with van der Waals surface area (Å²) in [6.45, 7) is 0.725. The van der Waals surface area contributed by atoms with E-state index in [9.17, 15) is 4.79 Å². The molecule has 1 N–H and O–H groups in total. The van der Waals surface area contributed by atoms with Crippen molar-refractivity contribution in [3.8, 4) is 0 Å². The summed E-state index contributed by atoms with van der Waals surface area (Å²) in [4.78, 5) is 24.0. The molecular weight excluding hydrogens is 320 g/mol. The molecule has 1 unspecified atom stereocenters. The van der Waals surface area contributed by atoms with Gasteiger partial charge in [-0.15, -0.1) is 11.3 Å². The van der Waals surface area contributed by atoms with Crippen molar-refractivity contribution < 1.29 is 4.79 Å². The lowest BCUT2D eigenvalue weighted by atomic mass is 9.93. The SMILES string of the molecule is CN(C)C(=O)CCNC1CCc2c(sc3ncnc(Cl)c23)C1. The molecule has 0 radical (unpaired) electrons. The van der Waals surface area contributed by atoms with E-state index in [1.165, 1.54) is 16.8 Å². The molecule has 3 rings (SSSR count). The average molecular weight is 339 g/mol. The van der Waals surface area contributed by atoms with Crippen LogP contribution in [0, 0.1) is 0 Å². The molecule has 1 atom stereocenters. The minimum atomic E-state index is 0.160. The lowest BCUT2D eigenvalue weighted by Crippen LogP contribution is -2.36. The first-order chi connectivity index (χ1) is 10.6. The van der Waals surface area contributed by atoms with E-state index in [4.69, 9.17) is 11.6 Å². The van der Waals surface area contributed by atoms with Crippen LogP contribution < -0.4 is 5.32 Å². The lowest BCUT2D eigenvalue weighted by Gasteiger charge is -2.23. The molecule has 7 heteroatoms. The Morgan fingerprint density at radius 2 is 2.32 bits per heavy atom. The van der Waals surface area contributed by atoms with Crippen LogP contribution in [0.25, 0.3) is 10.2 Å². The molecule has 1 aliphatic rings. The number of fused-ring (bicyclic) bond motifs is 3. The topological polar surface area (TPSA) is 58.1 Å². The van der Waals surface area contributed by atoms with E-state index >= 15 is 0 Å². The maximum absolute atomic E-state index is 11.6. The number of aryl methyl sites for hydroxylation is 1. The lowest BCUT2D eigenvalue weighted by molar-refractivity contribution is -0.128. The first-order valence-electron chi connectivity index (χ1n) is 7.40. The number of nitrogens with one attached hydrogen (secondary N) is 1. The smallest absolute Gasteiger partial charge is 0.223 e. The highest BCUT2D eigenvalue weighted by molar-refractivity contribution is 7.19. The molecule has 0 fully saturated rings. The molecule has 0 saturated heterocycles. The summed E-state index contributed by atoms with van der Waals surface area (Å²) in [5.41, 5.74) is 1.31. The van der Waals surface area contributed by atoms with E-state index in [1.54, 1.807) is 30.3 Å². The molecule has 1 amide bonds. The maximum atomic E-state index is 11.6. The summed E-state index contributed by atoms with van der Waals surface area (Å²) in [5, 5.41) is 5.09. The molecule has 2 aromatic heterocycles. The van der Waals surface area contributed by atoms with Crippen LogP contribution >= 0.6 is 22.9 Å². The second-order valence-corrected chi connectivity index (χ2v) is 7.22. The first kappa shape index (κ1) is 15.6. The maximum Gasteiger partial charge on any atom is 0.223 e. The quantitative estimate of drug-likeness (QED) is 0.869. The zero-order chi connectivity index (χ0) is 15.7. The van der Waals surface area contributed by atoms with E-state index in [-0.39, 0.29) is 5.91 Å². The Labute approximate surface area is 138 Å². The Morgan fingerprint density at radius 1 is 1.50 bits per heavy atom. The molecular formula is C15H19ClN4OS. The minimum absolute atomic E-state index is 0.160. The third-order valence-electron chi connectivity index (χ3n) is 4.07. The van der Waals surface area contributed by atoms with E-state index in [2.05, 4.69) is 15.3 Å². The summed E-state index contributed by atoms with van der Waals surface area (Å²) in [7, 11) is 3.58. The van der Waals surface area contributed by atoms with Crippen LogP contribution in [0.5, 0.6) is 0 Å². The predicted octanol–water partition coefficient (Wildman–Crippen LogP) is 2.27. The number of amides is 1. The Hall–Kier alpha value is -1.24. The van der Waals surface area contributed by atoms with Gasteiger partial charge in [-0.05, 0) is 24.8 Å². The van der Waals surface area contributed by atoms with Crippen LogP contribution in [-0.4, -0.2) is 47.5 Å². The van der Waals surface area contributed by atoms with Gasteiger partial charge < -0.3 is 10.2 Å². The van der Waals surface area contributed by atoms with Gasteiger partial charge in [0.1, 0.15) is 16.3 Å². The van der Waals surface area contributed by atoms with Crippen LogP contribution in [0.15, 0.2) is 6.33 Å². The van der Waals surface area contributed by atoms with Gasteiger partial charge in [0, 0.05) is 38.0 Å². The Morgan fingerprint density at radius 3 is 3.09 bits per heavy atom. The van der Waals surface area contributed by atoms with E-state index < -0.39 is 0 Å². The fourth-order valence-corrected chi connectivity index (χ4v) is 4.42. The normalized spacial score (nSPS) is 17.5. The zero-order valence-electron chi connectivity index (χ0n) is 12.7. The molecule has 0 bridgehead atoms. The van der Waals surface area contributed by atoms with Crippen molar-refractivity contribution in [1.29, 1.82) is 0 Å². The summed E-state index contributed by atoms with van der Waals surface area (Å²) in [6.07, 6.45) is 5.08. The van der Waals surface area contributed by atoms with Crippen molar-refractivity contribution in [2.45, 2.75) is 31.7 Å². The van der Waals surface area contributed by atoms with Gasteiger partial charge in [0.25, 0.3) is 0 Å². The van der Waals surface area contributed by atoms with Crippen LogP contribution in [0.1, 0.15) is 23.3 Å². The molecule has 2 heterocycles. The number of aromatic nitrogens is 2. The van der Waals surface area contributed by atoms with Crippen molar-refractivity contribution in [1.82, 2.24) is 20.2 Å². The van der Waals surface area contributed by atoms with Crippen LogP contribution in [0.2, 0.25) is 5.15 Å². The largest absolute Gasteiger partial charge is 0.349 e. The molecule has 0 spiro atoms.